The summed E-state index contributed by atoms with van der Waals surface area (Å²) in [4.78, 5) is 4.94. The van der Waals surface area contributed by atoms with Crippen molar-refractivity contribution in [3.63, 3.8) is 0 Å². The van der Waals surface area contributed by atoms with Crippen LogP contribution in [0.1, 0.15) is 36.4 Å². The fourth-order valence-electron chi connectivity index (χ4n) is 3.48. The molecule has 0 spiro atoms. The average molecular weight is 356 g/mol. The van der Waals surface area contributed by atoms with Crippen molar-refractivity contribution in [3.05, 3.63) is 95.8 Å². The van der Waals surface area contributed by atoms with E-state index in [0.717, 1.165) is 35.6 Å². The normalized spacial score (nSPS) is 12.2. The Morgan fingerprint density at radius 1 is 0.926 bits per heavy atom. The molecular weight excluding hydrogens is 332 g/mol. The standard InChI is InChI=1S/C24H24N2O/c1-3-23(27-20-12-5-4-6-13-20)24-25-21-14-7-8-15-22(21)26(24)17-19-11-9-10-18(2)16-19/h4-16,23H,3,17H2,1-2H3. The lowest BCUT2D eigenvalue weighted by molar-refractivity contribution is 0.187. The molecule has 1 aromatic heterocycles. The number of hydrogen-bond acceptors (Lipinski definition) is 2. The maximum atomic E-state index is 6.30. The van der Waals surface area contributed by atoms with E-state index in [9.17, 15) is 0 Å². The SMILES string of the molecule is CCC(Oc1ccccc1)c1nc2ccccc2n1Cc1cccc(C)c1. The summed E-state index contributed by atoms with van der Waals surface area (Å²) in [6.45, 7) is 5.06. The van der Waals surface area contributed by atoms with E-state index in [1.807, 2.05) is 36.4 Å². The molecule has 0 amide bonds. The maximum Gasteiger partial charge on any atom is 0.156 e. The highest BCUT2D eigenvalue weighted by Crippen LogP contribution is 2.28. The van der Waals surface area contributed by atoms with Gasteiger partial charge in [-0.3, -0.25) is 0 Å². The van der Waals surface area contributed by atoms with E-state index >= 15 is 0 Å². The molecule has 0 bridgehead atoms. The molecule has 27 heavy (non-hydrogen) atoms. The van der Waals surface area contributed by atoms with E-state index in [4.69, 9.17) is 9.72 Å². The Morgan fingerprint density at radius 2 is 1.70 bits per heavy atom. The van der Waals surface area contributed by atoms with E-state index in [0.29, 0.717) is 0 Å². The second kappa shape index (κ2) is 7.67. The smallest absolute Gasteiger partial charge is 0.156 e. The van der Waals surface area contributed by atoms with Gasteiger partial charge < -0.3 is 9.30 Å². The zero-order valence-electron chi connectivity index (χ0n) is 15.8. The number of rotatable bonds is 6. The first-order valence-electron chi connectivity index (χ1n) is 9.47. The van der Waals surface area contributed by atoms with Crippen LogP contribution in [0.2, 0.25) is 0 Å². The van der Waals surface area contributed by atoms with Crippen molar-refractivity contribution in [2.24, 2.45) is 0 Å². The zero-order chi connectivity index (χ0) is 18.6. The molecule has 0 aliphatic heterocycles. The first-order chi connectivity index (χ1) is 13.2. The highest BCUT2D eigenvalue weighted by atomic mass is 16.5. The Hall–Kier alpha value is -3.07. The van der Waals surface area contributed by atoms with Crippen LogP contribution in [0.15, 0.2) is 78.9 Å². The molecule has 0 fully saturated rings. The van der Waals surface area contributed by atoms with Gasteiger partial charge in [0, 0.05) is 6.54 Å². The first-order valence-corrected chi connectivity index (χ1v) is 9.47. The number of aromatic nitrogens is 2. The van der Waals surface area contributed by atoms with Crippen molar-refractivity contribution in [1.82, 2.24) is 9.55 Å². The second-order valence-corrected chi connectivity index (χ2v) is 6.86. The van der Waals surface area contributed by atoms with Crippen molar-refractivity contribution >= 4 is 11.0 Å². The van der Waals surface area contributed by atoms with E-state index < -0.39 is 0 Å². The van der Waals surface area contributed by atoms with Gasteiger partial charge >= 0.3 is 0 Å². The van der Waals surface area contributed by atoms with Gasteiger partial charge in [-0.2, -0.15) is 0 Å². The summed E-state index contributed by atoms with van der Waals surface area (Å²) in [6.07, 6.45) is 0.760. The molecule has 3 heteroatoms. The number of imidazole rings is 1. The minimum atomic E-state index is -0.0930. The molecule has 136 valence electrons. The Bertz CT molecular complexity index is 1040. The molecule has 4 rings (SSSR count). The van der Waals surface area contributed by atoms with Gasteiger partial charge in [-0.1, -0.05) is 67.1 Å². The Kier molecular flexibility index (Phi) is 4.93. The molecule has 1 atom stereocenters. The van der Waals surface area contributed by atoms with Crippen LogP contribution in [0.3, 0.4) is 0 Å². The molecule has 1 unspecified atom stereocenters. The van der Waals surface area contributed by atoms with Crippen LogP contribution < -0.4 is 4.74 Å². The van der Waals surface area contributed by atoms with Crippen LogP contribution in [0.5, 0.6) is 5.75 Å². The van der Waals surface area contributed by atoms with Crippen LogP contribution in [-0.2, 0) is 6.54 Å². The van der Waals surface area contributed by atoms with Crippen LogP contribution in [0, 0.1) is 6.92 Å². The zero-order valence-corrected chi connectivity index (χ0v) is 15.8. The molecular formula is C24H24N2O. The van der Waals surface area contributed by atoms with Crippen molar-refractivity contribution in [3.8, 4) is 5.75 Å². The third-order valence-electron chi connectivity index (χ3n) is 4.79. The van der Waals surface area contributed by atoms with E-state index in [1.165, 1.54) is 11.1 Å². The molecule has 0 N–H and O–H groups in total. The summed E-state index contributed by atoms with van der Waals surface area (Å²) in [5.74, 6) is 1.85. The predicted octanol–water partition coefficient (Wildman–Crippen LogP) is 5.92. The molecule has 4 aromatic rings. The number of hydrogen-bond donors (Lipinski definition) is 0. The summed E-state index contributed by atoms with van der Waals surface area (Å²) >= 11 is 0. The van der Waals surface area contributed by atoms with Gasteiger partial charge in [-0.25, -0.2) is 4.98 Å². The largest absolute Gasteiger partial charge is 0.483 e. The minimum absolute atomic E-state index is 0.0930. The van der Waals surface area contributed by atoms with Crippen LogP contribution in [0.25, 0.3) is 11.0 Å². The van der Waals surface area contributed by atoms with Gasteiger partial charge in [0.15, 0.2) is 11.9 Å². The Labute approximate surface area is 160 Å². The summed E-state index contributed by atoms with van der Waals surface area (Å²) in [5.41, 5.74) is 4.69. The fourth-order valence-corrected chi connectivity index (χ4v) is 3.48. The summed E-state index contributed by atoms with van der Waals surface area (Å²) < 4.78 is 8.59. The lowest BCUT2D eigenvalue weighted by Gasteiger charge is -2.19. The molecule has 0 aliphatic carbocycles. The van der Waals surface area contributed by atoms with Crippen LogP contribution >= 0.6 is 0 Å². The fraction of sp³-hybridized carbons (Fsp3) is 0.208. The summed E-state index contributed by atoms with van der Waals surface area (Å²) in [5, 5.41) is 0. The summed E-state index contributed by atoms with van der Waals surface area (Å²) in [6, 6.07) is 26.9. The lowest BCUT2D eigenvalue weighted by atomic mass is 10.1. The molecule has 0 saturated carbocycles. The molecule has 3 nitrogen and oxygen atoms in total. The number of para-hydroxylation sites is 3. The molecule has 0 saturated heterocycles. The number of aryl methyl sites for hydroxylation is 1. The molecule has 0 radical (unpaired) electrons. The van der Waals surface area contributed by atoms with Crippen molar-refractivity contribution in [2.45, 2.75) is 32.9 Å². The molecule has 3 aromatic carbocycles. The second-order valence-electron chi connectivity index (χ2n) is 6.86. The van der Waals surface area contributed by atoms with E-state index in [1.54, 1.807) is 0 Å². The van der Waals surface area contributed by atoms with Crippen molar-refractivity contribution in [1.29, 1.82) is 0 Å². The Morgan fingerprint density at radius 3 is 2.48 bits per heavy atom. The summed E-state index contributed by atoms with van der Waals surface area (Å²) in [7, 11) is 0. The quantitative estimate of drug-likeness (QED) is 0.428. The molecule has 1 heterocycles. The number of nitrogens with zero attached hydrogens (tertiary/aromatic N) is 2. The highest BCUT2D eigenvalue weighted by Gasteiger charge is 2.20. The monoisotopic (exact) mass is 356 g/mol. The van der Waals surface area contributed by atoms with Crippen LogP contribution in [-0.4, -0.2) is 9.55 Å². The van der Waals surface area contributed by atoms with Gasteiger partial charge in [0.05, 0.1) is 11.0 Å². The van der Waals surface area contributed by atoms with Crippen LogP contribution in [0.4, 0.5) is 0 Å². The van der Waals surface area contributed by atoms with Crippen molar-refractivity contribution in [2.75, 3.05) is 0 Å². The maximum absolute atomic E-state index is 6.30. The van der Waals surface area contributed by atoms with E-state index in [-0.39, 0.29) is 6.10 Å². The lowest BCUT2D eigenvalue weighted by Crippen LogP contribution is -2.14. The minimum Gasteiger partial charge on any atom is -0.483 e. The predicted molar refractivity (Wildman–Crippen MR) is 110 cm³/mol. The first kappa shape index (κ1) is 17.3. The Balaban J connectivity index is 1.76. The van der Waals surface area contributed by atoms with Crippen molar-refractivity contribution < 1.29 is 4.74 Å². The van der Waals surface area contributed by atoms with Gasteiger partial charge in [-0.15, -0.1) is 0 Å². The van der Waals surface area contributed by atoms with Gasteiger partial charge in [0.2, 0.25) is 0 Å². The number of ether oxygens (including phenoxy) is 1. The highest BCUT2D eigenvalue weighted by molar-refractivity contribution is 5.76. The third-order valence-corrected chi connectivity index (χ3v) is 4.79. The van der Waals surface area contributed by atoms with E-state index in [2.05, 4.69) is 60.9 Å². The van der Waals surface area contributed by atoms with Gasteiger partial charge in [0.1, 0.15) is 5.75 Å². The number of fused-ring (bicyclic) bond motifs is 1. The average Bonchev–Trinajstić information content (AvgIpc) is 3.05. The van der Waals surface area contributed by atoms with Gasteiger partial charge in [0.25, 0.3) is 0 Å². The third kappa shape index (κ3) is 3.72. The van der Waals surface area contributed by atoms with Gasteiger partial charge in [-0.05, 0) is 43.2 Å². The topological polar surface area (TPSA) is 27.1 Å². The molecule has 0 aliphatic rings. The number of benzene rings is 3.